The van der Waals surface area contributed by atoms with Crippen LogP contribution >= 0.6 is 0 Å². The minimum atomic E-state index is -2.89. The third kappa shape index (κ3) is 4.41. The fraction of sp³-hybridized carbons (Fsp3) is 0.111. The topological polar surface area (TPSA) is 56.2 Å². The summed E-state index contributed by atoms with van der Waals surface area (Å²) in [6.07, 6.45) is 3.52. The van der Waals surface area contributed by atoms with Gasteiger partial charge in [0.25, 0.3) is 5.91 Å². The maximum absolute atomic E-state index is 12.1. The van der Waals surface area contributed by atoms with Crippen LogP contribution in [-0.2, 0) is 6.54 Å². The second-order valence-electron chi connectivity index (χ2n) is 5.21. The molecule has 1 heterocycles. The lowest BCUT2D eigenvalue weighted by Gasteiger charge is -2.08. The van der Waals surface area contributed by atoms with Gasteiger partial charge in [0.15, 0.2) is 0 Å². The van der Waals surface area contributed by atoms with Crippen LogP contribution in [0.15, 0.2) is 67.0 Å². The number of hydrogen-bond donors (Lipinski definition) is 1. The maximum Gasteiger partial charge on any atom is 0.387 e. The number of halogens is 2. The molecule has 0 aliphatic rings. The molecule has 1 N–H and O–H groups in total. The number of nitrogens with zero attached hydrogens (tertiary/aromatic N) is 2. The highest BCUT2D eigenvalue weighted by atomic mass is 19.3. The Balaban J connectivity index is 1.61. The number of benzene rings is 2. The quantitative estimate of drug-likeness (QED) is 0.746. The van der Waals surface area contributed by atoms with Gasteiger partial charge in [0.1, 0.15) is 5.75 Å². The Morgan fingerprint density at radius 1 is 1.16 bits per heavy atom. The fourth-order valence-electron chi connectivity index (χ4n) is 2.30. The monoisotopic (exact) mass is 343 g/mol. The molecule has 0 spiro atoms. The molecule has 0 unspecified atom stereocenters. The minimum absolute atomic E-state index is 0.0125. The van der Waals surface area contributed by atoms with E-state index in [0.717, 1.165) is 11.3 Å². The normalized spacial score (nSPS) is 10.7. The van der Waals surface area contributed by atoms with Crippen LogP contribution in [0.4, 0.5) is 8.78 Å². The molecule has 7 heteroatoms. The van der Waals surface area contributed by atoms with Gasteiger partial charge in [-0.2, -0.15) is 13.9 Å². The summed E-state index contributed by atoms with van der Waals surface area (Å²) in [6, 6.07) is 15.0. The molecule has 0 fully saturated rings. The summed E-state index contributed by atoms with van der Waals surface area (Å²) in [5.41, 5.74) is 2.18. The van der Waals surface area contributed by atoms with Crippen molar-refractivity contribution in [1.82, 2.24) is 15.1 Å². The number of hydrogen-bond acceptors (Lipinski definition) is 3. The van der Waals surface area contributed by atoms with E-state index in [1.165, 1.54) is 24.3 Å². The number of aromatic nitrogens is 2. The van der Waals surface area contributed by atoms with Gasteiger partial charge in [0.2, 0.25) is 0 Å². The van der Waals surface area contributed by atoms with Crippen LogP contribution in [0, 0.1) is 0 Å². The van der Waals surface area contributed by atoms with Crippen LogP contribution in [0.5, 0.6) is 5.75 Å². The Hall–Kier alpha value is -3.22. The van der Waals surface area contributed by atoms with Crippen LogP contribution in [0.2, 0.25) is 0 Å². The first-order valence-electron chi connectivity index (χ1n) is 7.54. The van der Waals surface area contributed by atoms with E-state index in [2.05, 4.69) is 15.2 Å². The number of amides is 1. The lowest BCUT2D eigenvalue weighted by Crippen LogP contribution is -2.22. The number of alkyl halides is 2. The first-order chi connectivity index (χ1) is 12.1. The van der Waals surface area contributed by atoms with Crippen LogP contribution in [0.1, 0.15) is 15.9 Å². The molecule has 0 bridgehead atoms. The Morgan fingerprint density at radius 3 is 2.64 bits per heavy atom. The third-order valence-corrected chi connectivity index (χ3v) is 3.47. The molecule has 25 heavy (non-hydrogen) atoms. The molecule has 0 saturated carbocycles. The van der Waals surface area contributed by atoms with Gasteiger partial charge in [-0.15, -0.1) is 0 Å². The summed E-state index contributed by atoms with van der Waals surface area (Å²) in [7, 11) is 0. The average molecular weight is 343 g/mol. The number of carbonyl (C=O) groups excluding carboxylic acids is 1. The summed E-state index contributed by atoms with van der Waals surface area (Å²) in [6.45, 7) is -2.55. The van der Waals surface area contributed by atoms with Gasteiger partial charge in [-0.05, 0) is 48.0 Å². The Kier molecular flexibility index (Phi) is 5.03. The van der Waals surface area contributed by atoms with Crippen molar-refractivity contribution in [2.75, 3.05) is 0 Å². The maximum atomic E-state index is 12.1. The van der Waals surface area contributed by atoms with E-state index >= 15 is 0 Å². The standard InChI is InChI=1S/C18H15F2N3O2/c19-18(20)25-16-7-5-14(6-8-16)17(24)21-12-13-3-1-4-15(11-13)23-10-2-9-22-23/h1-11,18H,12H2,(H,21,24). The zero-order chi connectivity index (χ0) is 17.6. The van der Waals surface area contributed by atoms with Crippen molar-refractivity contribution in [2.45, 2.75) is 13.2 Å². The van der Waals surface area contributed by atoms with Crippen LogP contribution in [0.3, 0.4) is 0 Å². The fourth-order valence-corrected chi connectivity index (χ4v) is 2.30. The number of carbonyl (C=O) groups is 1. The summed E-state index contributed by atoms with van der Waals surface area (Å²) in [4.78, 5) is 12.1. The highest BCUT2D eigenvalue weighted by Gasteiger charge is 2.08. The zero-order valence-corrected chi connectivity index (χ0v) is 13.1. The van der Waals surface area contributed by atoms with E-state index in [0.29, 0.717) is 12.1 Å². The molecule has 128 valence electrons. The second kappa shape index (κ2) is 7.57. The average Bonchev–Trinajstić information content (AvgIpc) is 3.15. The van der Waals surface area contributed by atoms with Crippen molar-refractivity contribution in [1.29, 1.82) is 0 Å². The lowest BCUT2D eigenvalue weighted by molar-refractivity contribution is -0.0498. The first-order valence-corrected chi connectivity index (χ1v) is 7.54. The molecule has 5 nitrogen and oxygen atoms in total. The van der Waals surface area contributed by atoms with Crippen molar-refractivity contribution in [3.8, 4) is 11.4 Å². The molecule has 1 aromatic heterocycles. The molecule has 1 amide bonds. The van der Waals surface area contributed by atoms with E-state index in [-0.39, 0.29) is 11.7 Å². The smallest absolute Gasteiger partial charge is 0.387 e. The van der Waals surface area contributed by atoms with Gasteiger partial charge in [0.05, 0.1) is 5.69 Å². The first kappa shape index (κ1) is 16.6. The largest absolute Gasteiger partial charge is 0.435 e. The predicted molar refractivity (Wildman–Crippen MR) is 87.8 cm³/mol. The van der Waals surface area contributed by atoms with Gasteiger partial charge >= 0.3 is 6.61 Å². The van der Waals surface area contributed by atoms with Crippen molar-refractivity contribution in [3.63, 3.8) is 0 Å². The summed E-state index contributed by atoms with van der Waals surface area (Å²) in [5.74, 6) is -0.286. The van der Waals surface area contributed by atoms with Crippen LogP contribution in [0.25, 0.3) is 5.69 Å². The number of ether oxygens (including phenoxy) is 1. The van der Waals surface area contributed by atoms with E-state index in [1.807, 2.05) is 36.5 Å². The van der Waals surface area contributed by atoms with E-state index in [4.69, 9.17) is 0 Å². The predicted octanol–water partition coefficient (Wildman–Crippen LogP) is 3.40. The number of rotatable bonds is 6. The highest BCUT2D eigenvalue weighted by molar-refractivity contribution is 5.94. The van der Waals surface area contributed by atoms with E-state index < -0.39 is 6.61 Å². The van der Waals surface area contributed by atoms with Crippen molar-refractivity contribution in [3.05, 3.63) is 78.1 Å². The van der Waals surface area contributed by atoms with Crippen molar-refractivity contribution >= 4 is 5.91 Å². The molecule has 2 aromatic carbocycles. The van der Waals surface area contributed by atoms with Gasteiger partial charge in [0, 0.05) is 24.5 Å². The molecule has 3 rings (SSSR count). The molecule has 0 atom stereocenters. The summed E-state index contributed by atoms with van der Waals surface area (Å²) >= 11 is 0. The SMILES string of the molecule is O=C(NCc1cccc(-n2cccn2)c1)c1ccc(OC(F)F)cc1. The molecular formula is C18H15F2N3O2. The van der Waals surface area contributed by atoms with Gasteiger partial charge in [-0.1, -0.05) is 12.1 Å². The molecule has 3 aromatic rings. The van der Waals surface area contributed by atoms with E-state index in [9.17, 15) is 13.6 Å². The number of nitrogens with one attached hydrogen (secondary N) is 1. The van der Waals surface area contributed by atoms with Crippen LogP contribution in [-0.4, -0.2) is 22.3 Å². The highest BCUT2D eigenvalue weighted by Crippen LogP contribution is 2.15. The molecular weight excluding hydrogens is 328 g/mol. The summed E-state index contributed by atoms with van der Waals surface area (Å²) < 4.78 is 30.2. The van der Waals surface area contributed by atoms with Gasteiger partial charge in [-0.3, -0.25) is 4.79 Å². The third-order valence-electron chi connectivity index (χ3n) is 3.47. The molecule has 0 aliphatic heterocycles. The molecule has 0 aliphatic carbocycles. The molecule has 0 saturated heterocycles. The van der Waals surface area contributed by atoms with Gasteiger partial charge in [-0.25, -0.2) is 4.68 Å². The Bertz CT molecular complexity index is 834. The minimum Gasteiger partial charge on any atom is -0.435 e. The second-order valence-corrected chi connectivity index (χ2v) is 5.21. The van der Waals surface area contributed by atoms with Crippen molar-refractivity contribution in [2.24, 2.45) is 0 Å². The Morgan fingerprint density at radius 2 is 1.96 bits per heavy atom. The van der Waals surface area contributed by atoms with Gasteiger partial charge < -0.3 is 10.1 Å². The lowest BCUT2D eigenvalue weighted by atomic mass is 10.1. The zero-order valence-electron chi connectivity index (χ0n) is 13.1. The van der Waals surface area contributed by atoms with E-state index in [1.54, 1.807) is 10.9 Å². The van der Waals surface area contributed by atoms with Crippen molar-refractivity contribution < 1.29 is 18.3 Å². The Labute approximate surface area is 142 Å². The van der Waals surface area contributed by atoms with Crippen LogP contribution < -0.4 is 10.1 Å². The summed E-state index contributed by atoms with van der Waals surface area (Å²) in [5, 5.41) is 6.95. The molecule has 0 radical (unpaired) electrons.